The number of nitrogens with zero attached hydrogens (tertiary/aromatic N) is 2. The van der Waals surface area contributed by atoms with Crippen molar-refractivity contribution in [3.8, 4) is 0 Å². The van der Waals surface area contributed by atoms with Crippen LogP contribution in [-0.4, -0.2) is 56.0 Å². The van der Waals surface area contributed by atoms with E-state index in [1.807, 2.05) is 0 Å². The zero-order valence-electron chi connectivity index (χ0n) is 15.0. The fourth-order valence-corrected chi connectivity index (χ4v) is 3.36. The molecule has 23 heavy (non-hydrogen) atoms. The van der Waals surface area contributed by atoms with E-state index in [-0.39, 0.29) is 5.91 Å². The number of aryl methyl sites for hydroxylation is 1. The second-order valence-corrected chi connectivity index (χ2v) is 6.92. The van der Waals surface area contributed by atoms with Crippen LogP contribution in [0.2, 0.25) is 0 Å². The highest BCUT2D eigenvalue weighted by Crippen LogP contribution is 2.24. The molecule has 1 aliphatic heterocycles. The number of hydrogen-bond acceptors (Lipinski definition) is 3. The summed E-state index contributed by atoms with van der Waals surface area (Å²) in [5.74, 6) is 0.849. The highest BCUT2D eigenvalue weighted by atomic mass is 16.1. The van der Waals surface area contributed by atoms with Gasteiger partial charge in [0.15, 0.2) is 0 Å². The molecule has 4 nitrogen and oxygen atoms in total. The summed E-state index contributed by atoms with van der Waals surface area (Å²) in [7, 11) is 3.93. The average molecular weight is 317 g/mol. The molecule has 0 spiro atoms. The number of benzene rings is 1. The molecule has 1 N–H and O–H groups in total. The molecule has 0 saturated carbocycles. The van der Waals surface area contributed by atoms with Crippen molar-refractivity contribution in [3.63, 3.8) is 0 Å². The molecule has 1 amide bonds. The third-order valence-electron chi connectivity index (χ3n) is 5.09. The molecule has 0 unspecified atom stereocenters. The largest absolute Gasteiger partial charge is 0.358 e. The summed E-state index contributed by atoms with van der Waals surface area (Å²) in [5, 5.41) is 2.70. The van der Waals surface area contributed by atoms with Crippen LogP contribution in [0.1, 0.15) is 36.9 Å². The van der Waals surface area contributed by atoms with Crippen LogP contribution in [0.5, 0.6) is 0 Å². The summed E-state index contributed by atoms with van der Waals surface area (Å²) in [6.45, 7) is 8.17. The van der Waals surface area contributed by atoms with Crippen molar-refractivity contribution in [2.45, 2.75) is 32.7 Å². The second kappa shape index (κ2) is 8.46. The van der Waals surface area contributed by atoms with Gasteiger partial charge < -0.3 is 5.32 Å². The molecular weight excluding hydrogens is 286 g/mol. The van der Waals surface area contributed by atoms with Gasteiger partial charge >= 0.3 is 0 Å². The number of likely N-dealkylation sites (tertiary alicyclic amines) is 1. The highest BCUT2D eigenvalue weighted by molar-refractivity contribution is 5.77. The van der Waals surface area contributed by atoms with Crippen LogP contribution < -0.4 is 5.32 Å². The number of likely N-dealkylation sites (N-methyl/N-ethyl adjacent to an activating group) is 1. The van der Waals surface area contributed by atoms with Crippen molar-refractivity contribution in [1.29, 1.82) is 0 Å². The van der Waals surface area contributed by atoms with Crippen LogP contribution in [0.25, 0.3) is 0 Å². The molecular formula is C19H31N3O. The highest BCUT2D eigenvalue weighted by Gasteiger charge is 2.23. The summed E-state index contributed by atoms with van der Waals surface area (Å²) in [6, 6.07) is 9.25. The topological polar surface area (TPSA) is 35.6 Å². The van der Waals surface area contributed by atoms with Gasteiger partial charge in [-0.3, -0.25) is 14.6 Å². The van der Waals surface area contributed by atoms with Gasteiger partial charge in [0.1, 0.15) is 0 Å². The molecule has 128 valence electrons. The van der Waals surface area contributed by atoms with E-state index < -0.39 is 0 Å². The van der Waals surface area contributed by atoms with Gasteiger partial charge in [0.25, 0.3) is 0 Å². The molecule has 1 atom stereocenters. The van der Waals surface area contributed by atoms with Crippen LogP contribution in [0.3, 0.4) is 0 Å². The Bertz CT molecular complexity index is 509. The van der Waals surface area contributed by atoms with Crippen molar-refractivity contribution >= 4 is 5.91 Å². The number of carbonyl (C=O) groups is 1. The Kier molecular flexibility index (Phi) is 6.60. The van der Waals surface area contributed by atoms with Gasteiger partial charge in [-0.05, 0) is 58.3 Å². The minimum atomic E-state index is 0.119. The summed E-state index contributed by atoms with van der Waals surface area (Å²) in [4.78, 5) is 16.2. The van der Waals surface area contributed by atoms with Crippen LogP contribution in [0.4, 0.5) is 0 Å². The van der Waals surface area contributed by atoms with Crippen molar-refractivity contribution in [2.75, 3.05) is 40.3 Å². The van der Waals surface area contributed by atoms with E-state index in [0.717, 1.165) is 25.6 Å². The summed E-state index contributed by atoms with van der Waals surface area (Å²) >= 11 is 0. The van der Waals surface area contributed by atoms with E-state index in [1.54, 1.807) is 7.05 Å². The lowest BCUT2D eigenvalue weighted by Crippen LogP contribution is -2.42. The molecule has 1 saturated heterocycles. The summed E-state index contributed by atoms with van der Waals surface area (Å²) in [5.41, 5.74) is 2.72. The van der Waals surface area contributed by atoms with Crippen molar-refractivity contribution in [1.82, 2.24) is 15.1 Å². The molecule has 1 aromatic carbocycles. The number of rotatable bonds is 6. The smallest absolute Gasteiger partial charge is 0.233 e. The number of piperidine rings is 1. The van der Waals surface area contributed by atoms with E-state index in [1.165, 1.54) is 24.0 Å². The monoisotopic (exact) mass is 317 g/mol. The van der Waals surface area contributed by atoms with Gasteiger partial charge in [0.2, 0.25) is 5.91 Å². The molecule has 0 bridgehead atoms. The normalized spacial score (nSPS) is 18.1. The molecule has 2 rings (SSSR count). The van der Waals surface area contributed by atoms with Crippen molar-refractivity contribution < 1.29 is 4.79 Å². The fraction of sp³-hybridized carbons (Fsp3) is 0.632. The maximum atomic E-state index is 11.5. The SMILES string of the molecule is CNC(=O)CN1CCC(CN(C)[C@@H](C)c2cccc(C)c2)CC1. The van der Waals surface area contributed by atoms with Crippen LogP contribution in [0.15, 0.2) is 24.3 Å². The Labute approximate surface area is 140 Å². The van der Waals surface area contributed by atoms with Gasteiger partial charge in [-0.25, -0.2) is 0 Å². The van der Waals surface area contributed by atoms with Crippen molar-refractivity contribution in [3.05, 3.63) is 35.4 Å². The lowest BCUT2D eigenvalue weighted by atomic mass is 9.95. The predicted octanol–water partition coefficient (Wildman–Crippen LogP) is 2.45. The van der Waals surface area contributed by atoms with Crippen LogP contribution >= 0.6 is 0 Å². The maximum absolute atomic E-state index is 11.5. The van der Waals surface area contributed by atoms with Gasteiger partial charge in [0.05, 0.1) is 6.54 Å². The van der Waals surface area contributed by atoms with Crippen LogP contribution in [-0.2, 0) is 4.79 Å². The molecule has 0 aliphatic carbocycles. The molecule has 1 aromatic rings. The number of amides is 1. The van der Waals surface area contributed by atoms with E-state index in [0.29, 0.717) is 12.6 Å². The third-order valence-corrected chi connectivity index (χ3v) is 5.09. The van der Waals surface area contributed by atoms with E-state index in [4.69, 9.17) is 0 Å². The Hall–Kier alpha value is -1.39. The maximum Gasteiger partial charge on any atom is 0.233 e. The van der Waals surface area contributed by atoms with Crippen molar-refractivity contribution in [2.24, 2.45) is 5.92 Å². The Morgan fingerprint density at radius 1 is 1.39 bits per heavy atom. The first-order valence-electron chi connectivity index (χ1n) is 8.69. The first kappa shape index (κ1) is 18.0. The average Bonchev–Trinajstić information content (AvgIpc) is 2.55. The first-order valence-corrected chi connectivity index (χ1v) is 8.69. The molecule has 1 aliphatic rings. The van der Waals surface area contributed by atoms with Gasteiger partial charge in [-0.2, -0.15) is 0 Å². The molecule has 4 heteroatoms. The zero-order valence-corrected chi connectivity index (χ0v) is 15.0. The van der Waals surface area contributed by atoms with Crippen LogP contribution in [0, 0.1) is 12.8 Å². The lowest BCUT2D eigenvalue weighted by molar-refractivity contribution is -0.122. The van der Waals surface area contributed by atoms with E-state index >= 15 is 0 Å². The fourth-order valence-electron chi connectivity index (χ4n) is 3.36. The van der Waals surface area contributed by atoms with E-state index in [9.17, 15) is 4.79 Å². The minimum absolute atomic E-state index is 0.119. The quantitative estimate of drug-likeness (QED) is 0.875. The summed E-state index contributed by atoms with van der Waals surface area (Å²) in [6.07, 6.45) is 2.36. The lowest BCUT2D eigenvalue weighted by Gasteiger charge is -2.35. The first-order chi connectivity index (χ1) is 11.0. The third kappa shape index (κ3) is 5.33. The zero-order chi connectivity index (χ0) is 16.8. The molecule has 0 aromatic heterocycles. The Morgan fingerprint density at radius 3 is 2.70 bits per heavy atom. The van der Waals surface area contributed by atoms with Gasteiger partial charge in [-0.1, -0.05) is 29.8 Å². The molecule has 0 radical (unpaired) electrons. The second-order valence-electron chi connectivity index (χ2n) is 6.92. The minimum Gasteiger partial charge on any atom is -0.358 e. The molecule has 1 heterocycles. The number of hydrogen-bond donors (Lipinski definition) is 1. The number of carbonyl (C=O) groups excluding carboxylic acids is 1. The Morgan fingerprint density at radius 2 is 2.09 bits per heavy atom. The number of nitrogens with one attached hydrogen (secondary N) is 1. The predicted molar refractivity (Wildman–Crippen MR) is 95.5 cm³/mol. The van der Waals surface area contributed by atoms with Gasteiger partial charge in [-0.15, -0.1) is 0 Å². The summed E-state index contributed by atoms with van der Waals surface area (Å²) < 4.78 is 0. The Balaban J connectivity index is 1.80. The van der Waals surface area contributed by atoms with E-state index in [2.05, 4.69) is 60.3 Å². The molecule has 1 fully saturated rings. The standard InChI is InChI=1S/C19H31N3O/c1-15-6-5-7-18(12-15)16(2)21(4)13-17-8-10-22(11-9-17)14-19(23)20-3/h5-7,12,16-17H,8-11,13-14H2,1-4H3,(H,20,23)/t16-/m0/s1. The van der Waals surface area contributed by atoms with Gasteiger partial charge in [0, 0.05) is 19.6 Å².